The normalized spacial score (nSPS) is 9.69. The van der Waals surface area contributed by atoms with Crippen molar-refractivity contribution in [1.29, 1.82) is 0 Å². The van der Waals surface area contributed by atoms with Gasteiger partial charge in [0.1, 0.15) is 0 Å². The van der Waals surface area contributed by atoms with Crippen LogP contribution in [0.2, 0.25) is 0 Å². The Hall–Kier alpha value is -1.66. The topological polar surface area (TPSA) is 98.7 Å². The van der Waals surface area contributed by atoms with E-state index in [4.69, 9.17) is 10.2 Å². The molecule has 6 heteroatoms. The Bertz CT molecular complexity index is 371. The van der Waals surface area contributed by atoms with Crippen molar-refractivity contribution in [2.24, 2.45) is 0 Å². The van der Waals surface area contributed by atoms with E-state index in [0.29, 0.717) is 24.2 Å². The zero-order valence-corrected chi connectivity index (χ0v) is 16.6. The summed E-state index contributed by atoms with van der Waals surface area (Å²) in [5, 5.41) is 22.5. The molecule has 0 atom stereocenters. The van der Waals surface area contributed by atoms with E-state index < -0.39 is 0 Å². The van der Waals surface area contributed by atoms with Gasteiger partial charge in [0.05, 0.1) is 0 Å². The highest BCUT2D eigenvalue weighted by Gasteiger charge is 1.99. The second-order valence-corrected chi connectivity index (χ2v) is 6.35. The number of nitrogens with one attached hydrogen (secondary N) is 2. The van der Waals surface area contributed by atoms with Crippen LogP contribution in [-0.2, 0) is 9.59 Å². The van der Waals surface area contributed by atoms with Crippen LogP contribution in [0.1, 0.15) is 65.2 Å². The summed E-state index contributed by atoms with van der Waals surface area (Å²) in [4.78, 5) is 22.0. The van der Waals surface area contributed by atoms with Crippen molar-refractivity contribution >= 4 is 11.8 Å². The van der Waals surface area contributed by atoms with Gasteiger partial charge in [-0.2, -0.15) is 0 Å². The highest BCUT2D eigenvalue weighted by atomic mass is 16.3. The quantitative estimate of drug-likeness (QED) is 0.279. The van der Waals surface area contributed by atoms with Crippen molar-refractivity contribution in [1.82, 2.24) is 10.6 Å². The van der Waals surface area contributed by atoms with E-state index in [1.807, 2.05) is 0 Å². The Balaban J connectivity index is 0. The van der Waals surface area contributed by atoms with Crippen LogP contribution >= 0.6 is 0 Å². The fraction of sp³-hybridized carbons (Fsp3) is 0.700. The average Bonchev–Trinajstić information content (AvgIpc) is 2.60. The summed E-state index contributed by atoms with van der Waals surface area (Å²) < 4.78 is 0. The van der Waals surface area contributed by atoms with Gasteiger partial charge in [0.2, 0.25) is 11.8 Å². The van der Waals surface area contributed by atoms with Crippen molar-refractivity contribution in [3.8, 4) is 0 Å². The number of aliphatic hydroxyl groups is 2. The van der Waals surface area contributed by atoms with E-state index in [2.05, 4.69) is 23.8 Å². The van der Waals surface area contributed by atoms with E-state index in [1.54, 1.807) is 13.8 Å². The highest BCUT2D eigenvalue weighted by molar-refractivity contribution is 5.92. The van der Waals surface area contributed by atoms with E-state index in [-0.39, 0.29) is 25.0 Å². The molecule has 0 aromatic rings. The number of unbranched alkanes of at least 4 members (excludes halogenated alkanes) is 6. The molecule has 0 aromatic heterocycles. The van der Waals surface area contributed by atoms with Gasteiger partial charge < -0.3 is 20.8 Å². The SMILES string of the molecule is C=C(C)C(=O)NCCCCCCO.C=C(C)C(=O)NCCCCCCO. The average molecular weight is 371 g/mol. The van der Waals surface area contributed by atoms with Gasteiger partial charge in [0, 0.05) is 37.4 Å². The van der Waals surface area contributed by atoms with E-state index in [9.17, 15) is 9.59 Å². The zero-order valence-electron chi connectivity index (χ0n) is 16.6. The molecule has 0 bridgehead atoms. The van der Waals surface area contributed by atoms with Crippen molar-refractivity contribution in [2.75, 3.05) is 26.3 Å². The fourth-order valence-corrected chi connectivity index (χ4v) is 1.89. The standard InChI is InChI=1S/2C10H19NO2/c2*1-9(2)10(13)11-7-5-3-4-6-8-12/h2*12H,1,3-8H2,2H3,(H,11,13). The summed E-state index contributed by atoms with van der Waals surface area (Å²) in [6.07, 6.45) is 7.81. The minimum Gasteiger partial charge on any atom is -0.396 e. The Labute approximate surface area is 158 Å². The molecule has 0 aliphatic rings. The third-order valence-electron chi connectivity index (χ3n) is 3.52. The number of carbonyl (C=O) groups excluding carboxylic acids is 2. The lowest BCUT2D eigenvalue weighted by atomic mass is 10.2. The van der Waals surface area contributed by atoms with Crippen molar-refractivity contribution < 1.29 is 19.8 Å². The molecule has 0 heterocycles. The van der Waals surface area contributed by atoms with Gasteiger partial charge in [0.25, 0.3) is 0 Å². The molecule has 0 radical (unpaired) electrons. The minimum absolute atomic E-state index is 0.0674. The van der Waals surface area contributed by atoms with Crippen LogP contribution in [0.15, 0.2) is 24.3 Å². The molecule has 0 saturated heterocycles. The van der Waals surface area contributed by atoms with Crippen molar-refractivity contribution in [2.45, 2.75) is 65.2 Å². The molecule has 0 fully saturated rings. The fourth-order valence-electron chi connectivity index (χ4n) is 1.89. The predicted octanol–water partition coefficient (Wildman–Crippen LogP) is 2.46. The molecule has 0 rings (SSSR count). The molecule has 0 aliphatic carbocycles. The monoisotopic (exact) mass is 370 g/mol. The molecule has 0 aliphatic heterocycles. The maximum absolute atomic E-state index is 11.0. The summed E-state index contributed by atoms with van der Waals surface area (Å²) in [5.74, 6) is -0.135. The summed E-state index contributed by atoms with van der Waals surface area (Å²) in [7, 11) is 0. The van der Waals surface area contributed by atoms with Crippen LogP contribution in [0.4, 0.5) is 0 Å². The number of rotatable bonds is 14. The largest absolute Gasteiger partial charge is 0.396 e. The molecular weight excluding hydrogens is 332 g/mol. The number of carbonyl (C=O) groups is 2. The van der Waals surface area contributed by atoms with Crippen molar-refractivity contribution in [3.05, 3.63) is 24.3 Å². The number of amides is 2. The summed E-state index contributed by atoms with van der Waals surface area (Å²) in [6, 6.07) is 0. The Morgan fingerprint density at radius 1 is 0.654 bits per heavy atom. The van der Waals surface area contributed by atoms with Gasteiger partial charge in [-0.1, -0.05) is 38.8 Å². The number of aliphatic hydroxyl groups excluding tert-OH is 2. The van der Waals surface area contributed by atoms with Gasteiger partial charge in [-0.25, -0.2) is 0 Å². The summed E-state index contributed by atoms with van der Waals surface area (Å²) >= 11 is 0. The van der Waals surface area contributed by atoms with Gasteiger partial charge in [-0.05, 0) is 39.5 Å². The third-order valence-corrected chi connectivity index (χ3v) is 3.52. The molecule has 0 aromatic carbocycles. The lowest BCUT2D eigenvalue weighted by Crippen LogP contribution is -2.24. The molecule has 2 amide bonds. The lowest BCUT2D eigenvalue weighted by Gasteiger charge is -2.03. The van der Waals surface area contributed by atoms with Crippen LogP contribution in [0.25, 0.3) is 0 Å². The molecule has 0 spiro atoms. The van der Waals surface area contributed by atoms with Crippen LogP contribution < -0.4 is 10.6 Å². The van der Waals surface area contributed by atoms with Gasteiger partial charge in [-0.15, -0.1) is 0 Å². The first-order chi connectivity index (χ1) is 12.4. The molecule has 152 valence electrons. The highest BCUT2D eigenvalue weighted by Crippen LogP contribution is 1.98. The smallest absolute Gasteiger partial charge is 0.246 e. The third kappa shape index (κ3) is 20.4. The Morgan fingerprint density at radius 2 is 0.962 bits per heavy atom. The molecule has 0 unspecified atom stereocenters. The predicted molar refractivity (Wildman–Crippen MR) is 107 cm³/mol. The minimum atomic E-state index is -0.0674. The summed E-state index contributed by atoms with van der Waals surface area (Å²) in [6.45, 7) is 12.4. The zero-order chi connectivity index (χ0) is 20.2. The van der Waals surface area contributed by atoms with Crippen LogP contribution in [0, 0.1) is 0 Å². The van der Waals surface area contributed by atoms with Crippen LogP contribution in [0.5, 0.6) is 0 Å². The molecule has 0 saturated carbocycles. The molecule has 6 nitrogen and oxygen atoms in total. The lowest BCUT2D eigenvalue weighted by molar-refractivity contribution is -0.118. The second-order valence-electron chi connectivity index (χ2n) is 6.35. The molecule has 26 heavy (non-hydrogen) atoms. The van der Waals surface area contributed by atoms with Crippen LogP contribution in [0.3, 0.4) is 0 Å². The van der Waals surface area contributed by atoms with Crippen LogP contribution in [-0.4, -0.2) is 48.3 Å². The molecular formula is C20H38N2O4. The van der Waals surface area contributed by atoms with E-state index in [0.717, 1.165) is 51.4 Å². The summed E-state index contributed by atoms with van der Waals surface area (Å²) in [5.41, 5.74) is 1.10. The second kappa shape index (κ2) is 19.7. The first-order valence-corrected chi connectivity index (χ1v) is 9.45. The van der Waals surface area contributed by atoms with E-state index in [1.165, 1.54) is 0 Å². The first-order valence-electron chi connectivity index (χ1n) is 9.45. The van der Waals surface area contributed by atoms with Gasteiger partial charge in [0.15, 0.2) is 0 Å². The van der Waals surface area contributed by atoms with Crippen molar-refractivity contribution in [3.63, 3.8) is 0 Å². The Morgan fingerprint density at radius 3 is 1.23 bits per heavy atom. The number of hydrogen-bond acceptors (Lipinski definition) is 4. The Kier molecular flexibility index (Phi) is 20.1. The number of hydrogen-bond donors (Lipinski definition) is 4. The van der Waals surface area contributed by atoms with Gasteiger partial charge >= 0.3 is 0 Å². The maximum Gasteiger partial charge on any atom is 0.246 e. The maximum atomic E-state index is 11.0. The first kappa shape index (κ1) is 26.6. The molecule has 4 N–H and O–H groups in total. The van der Waals surface area contributed by atoms with E-state index >= 15 is 0 Å². The van der Waals surface area contributed by atoms with Gasteiger partial charge in [-0.3, -0.25) is 9.59 Å².